The smallest absolute Gasteiger partial charge is 0.360 e. The fourth-order valence-electron chi connectivity index (χ4n) is 1.94. The summed E-state index contributed by atoms with van der Waals surface area (Å²) in [6, 6.07) is 7.94. The van der Waals surface area contributed by atoms with Gasteiger partial charge in [-0.25, -0.2) is 4.79 Å². The van der Waals surface area contributed by atoms with Gasteiger partial charge in [-0.3, -0.25) is 0 Å². The highest BCUT2D eigenvalue weighted by atomic mass is 32.2. The molecule has 18 heavy (non-hydrogen) atoms. The van der Waals surface area contributed by atoms with Crippen molar-refractivity contribution in [3.05, 3.63) is 35.5 Å². The predicted octanol–water partition coefficient (Wildman–Crippen LogP) is 3.12. The topological polar surface area (TPSA) is 52.3 Å². The number of rotatable bonds is 2. The highest BCUT2D eigenvalue weighted by molar-refractivity contribution is 7.98. The molecule has 4 nitrogen and oxygen atoms in total. The average molecular weight is 261 g/mol. The molecule has 0 fully saturated rings. The fraction of sp³-hybridized carbons (Fsp3) is 0.231. The lowest BCUT2D eigenvalue weighted by Crippen LogP contribution is -2.08. The van der Waals surface area contributed by atoms with Gasteiger partial charge in [0, 0.05) is 21.8 Å². The van der Waals surface area contributed by atoms with Crippen LogP contribution in [0.1, 0.15) is 23.0 Å². The van der Waals surface area contributed by atoms with Crippen LogP contribution in [-0.2, 0) is 10.5 Å². The Hall–Kier alpha value is -1.75. The van der Waals surface area contributed by atoms with E-state index >= 15 is 0 Å². The Kier molecular flexibility index (Phi) is 2.83. The van der Waals surface area contributed by atoms with Crippen molar-refractivity contribution in [3.8, 4) is 11.3 Å². The molecule has 0 saturated carbocycles. The first kappa shape index (κ1) is 11.3. The molecule has 1 aromatic carbocycles. The molecule has 0 saturated heterocycles. The van der Waals surface area contributed by atoms with E-state index in [4.69, 9.17) is 9.26 Å². The number of benzene rings is 1. The number of hydrogen-bond donors (Lipinski definition) is 0. The van der Waals surface area contributed by atoms with E-state index in [9.17, 15) is 4.79 Å². The largest absolute Gasteiger partial charge is 0.461 e. The molecule has 2 aromatic rings. The molecule has 1 aliphatic rings. The Bertz CT molecular complexity index is 606. The van der Waals surface area contributed by atoms with E-state index in [-0.39, 0.29) is 0 Å². The summed E-state index contributed by atoms with van der Waals surface area (Å²) < 4.78 is 10.3. The number of nitrogens with zero attached hydrogens (tertiary/aromatic N) is 1. The zero-order chi connectivity index (χ0) is 12.5. The minimum Gasteiger partial charge on any atom is -0.461 e. The lowest BCUT2D eigenvalue weighted by molar-refractivity contribution is 0.0514. The van der Waals surface area contributed by atoms with E-state index in [1.807, 2.05) is 24.3 Å². The van der Waals surface area contributed by atoms with Gasteiger partial charge < -0.3 is 9.26 Å². The summed E-state index contributed by atoms with van der Waals surface area (Å²) in [7, 11) is 0. The molecule has 0 bridgehead atoms. The van der Waals surface area contributed by atoms with Gasteiger partial charge in [0.2, 0.25) is 0 Å². The number of aromatic nitrogens is 1. The summed E-state index contributed by atoms with van der Waals surface area (Å²) in [6.07, 6.45) is 0. The molecule has 0 aliphatic carbocycles. The summed E-state index contributed by atoms with van der Waals surface area (Å²) in [5, 5.41) is 3.85. The predicted molar refractivity (Wildman–Crippen MR) is 67.5 cm³/mol. The lowest BCUT2D eigenvalue weighted by atomic mass is 10.1. The number of ether oxygens (including phenoxy) is 1. The van der Waals surface area contributed by atoms with Crippen LogP contribution < -0.4 is 0 Å². The van der Waals surface area contributed by atoms with Crippen molar-refractivity contribution in [2.45, 2.75) is 17.6 Å². The maximum atomic E-state index is 11.7. The van der Waals surface area contributed by atoms with Crippen LogP contribution >= 0.6 is 11.8 Å². The molecular weight excluding hydrogens is 250 g/mol. The molecule has 5 heteroatoms. The number of thioether (sulfide) groups is 1. The van der Waals surface area contributed by atoms with Crippen molar-refractivity contribution in [3.63, 3.8) is 0 Å². The molecule has 1 aliphatic heterocycles. The van der Waals surface area contributed by atoms with Crippen molar-refractivity contribution in [2.75, 3.05) is 6.61 Å². The van der Waals surface area contributed by atoms with E-state index in [2.05, 4.69) is 5.16 Å². The Morgan fingerprint density at radius 1 is 1.50 bits per heavy atom. The minimum absolute atomic E-state index is 0.300. The normalized spacial score (nSPS) is 12.7. The summed E-state index contributed by atoms with van der Waals surface area (Å²) >= 11 is 1.68. The number of carbonyl (C=O) groups is 1. The second kappa shape index (κ2) is 4.49. The molecule has 92 valence electrons. The second-order valence-electron chi connectivity index (χ2n) is 3.84. The van der Waals surface area contributed by atoms with E-state index in [0.717, 1.165) is 16.0 Å². The van der Waals surface area contributed by atoms with Gasteiger partial charge in [-0.1, -0.05) is 17.3 Å². The van der Waals surface area contributed by atoms with Crippen molar-refractivity contribution in [1.29, 1.82) is 0 Å². The first-order valence-corrected chi connectivity index (χ1v) is 6.67. The summed E-state index contributed by atoms with van der Waals surface area (Å²) in [6.45, 7) is 2.11. The van der Waals surface area contributed by atoms with Crippen molar-refractivity contribution >= 4 is 17.7 Å². The molecule has 0 spiro atoms. The van der Waals surface area contributed by atoms with Gasteiger partial charge >= 0.3 is 5.97 Å². The summed E-state index contributed by atoms with van der Waals surface area (Å²) in [4.78, 5) is 12.9. The Morgan fingerprint density at radius 3 is 3.17 bits per heavy atom. The molecular formula is C13H11NO3S. The van der Waals surface area contributed by atoms with Crippen LogP contribution in [0.2, 0.25) is 0 Å². The second-order valence-corrected chi connectivity index (χ2v) is 4.86. The van der Waals surface area contributed by atoms with Gasteiger partial charge in [-0.2, -0.15) is 0 Å². The van der Waals surface area contributed by atoms with E-state index in [0.29, 0.717) is 23.8 Å². The van der Waals surface area contributed by atoms with Gasteiger partial charge in [0.15, 0.2) is 11.5 Å². The third kappa shape index (κ3) is 1.71. The minimum atomic E-state index is -0.414. The third-order valence-corrected chi connectivity index (χ3v) is 3.86. The molecule has 0 atom stereocenters. The van der Waals surface area contributed by atoms with E-state index < -0.39 is 5.97 Å². The molecule has 0 unspecified atom stereocenters. The maximum absolute atomic E-state index is 11.7. The number of hydrogen-bond acceptors (Lipinski definition) is 5. The van der Waals surface area contributed by atoms with Gasteiger partial charge in [0.25, 0.3) is 0 Å². The zero-order valence-corrected chi connectivity index (χ0v) is 10.6. The van der Waals surface area contributed by atoms with Crippen LogP contribution in [0.25, 0.3) is 11.3 Å². The highest BCUT2D eigenvalue weighted by Gasteiger charge is 2.28. The molecule has 0 amide bonds. The third-order valence-electron chi connectivity index (χ3n) is 2.76. The average Bonchev–Trinajstić information content (AvgIpc) is 2.83. The van der Waals surface area contributed by atoms with Crippen LogP contribution in [0.4, 0.5) is 0 Å². The van der Waals surface area contributed by atoms with Gasteiger partial charge in [-0.05, 0) is 19.1 Å². The fourth-order valence-corrected chi connectivity index (χ4v) is 3.00. The standard InChI is InChI=1S/C13H11NO3S/c1-2-16-13(15)11-9-7-18-10-6-4-3-5-8(10)12(9)17-14-11/h3-6H,2,7H2,1H3. The van der Waals surface area contributed by atoms with Gasteiger partial charge in [0.05, 0.1) is 6.61 Å². The van der Waals surface area contributed by atoms with Gasteiger partial charge in [-0.15, -0.1) is 11.8 Å². The van der Waals surface area contributed by atoms with E-state index in [1.54, 1.807) is 18.7 Å². The SMILES string of the molecule is CCOC(=O)c1noc2c1CSc1ccccc1-2. The van der Waals surface area contributed by atoms with Gasteiger partial charge in [0.1, 0.15) is 0 Å². The quantitative estimate of drug-likeness (QED) is 0.777. The number of fused-ring (bicyclic) bond motifs is 3. The van der Waals surface area contributed by atoms with Crippen molar-refractivity contribution in [1.82, 2.24) is 5.16 Å². The van der Waals surface area contributed by atoms with Crippen LogP contribution in [0.5, 0.6) is 0 Å². The van der Waals surface area contributed by atoms with Crippen LogP contribution in [0.15, 0.2) is 33.7 Å². The van der Waals surface area contributed by atoms with E-state index in [1.165, 1.54) is 0 Å². The molecule has 1 aromatic heterocycles. The number of esters is 1. The summed E-state index contributed by atoms with van der Waals surface area (Å²) in [5.41, 5.74) is 2.12. The van der Waals surface area contributed by atoms with Crippen molar-refractivity contribution < 1.29 is 14.1 Å². The van der Waals surface area contributed by atoms with Crippen LogP contribution in [0, 0.1) is 0 Å². The number of carbonyl (C=O) groups excluding carboxylic acids is 1. The summed E-state index contributed by atoms with van der Waals surface area (Å²) in [5.74, 6) is 0.958. The zero-order valence-electron chi connectivity index (χ0n) is 9.80. The monoisotopic (exact) mass is 261 g/mol. The molecule has 3 rings (SSSR count). The first-order valence-electron chi connectivity index (χ1n) is 5.69. The van der Waals surface area contributed by atoms with Crippen LogP contribution in [0.3, 0.4) is 0 Å². The lowest BCUT2D eigenvalue weighted by Gasteiger charge is -2.13. The first-order chi connectivity index (χ1) is 8.81. The van der Waals surface area contributed by atoms with Crippen molar-refractivity contribution in [2.24, 2.45) is 0 Å². The maximum Gasteiger partial charge on any atom is 0.360 e. The Morgan fingerprint density at radius 2 is 2.33 bits per heavy atom. The van der Waals surface area contributed by atoms with Crippen LogP contribution in [-0.4, -0.2) is 17.7 Å². The molecule has 2 heterocycles. The Balaban J connectivity index is 2.07. The highest BCUT2D eigenvalue weighted by Crippen LogP contribution is 2.42. The molecule has 0 radical (unpaired) electrons. The Labute approximate surface area is 108 Å². The molecule has 0 N–H and O–H groups in total.